The summed E-state index contributed by atoms with van der Waals surface area (Å²) >= 11 is 6.65. The topological polar surface area (TPSA) is 46.2 Å². The van der Waals surface area contributed by atoms with Crippen LogP contribution >= 0.6 is 31.9 Å². The van der Waals surface area contributed by atoms with E-state index in [1.54, 1.807) is 6.07 Å². The third-order valence-electron chi connectivity index (χ3n) is 1.98. The van der Waals surface area contributed by atoms with E-state index in [4.69, 9.17) is 0 Å². The predicted molar refractivity (Wildman–Crippen MR) is 63.0 cm³/mol. The summed E-state index contributed by atoms with van der Waals surface area (Å²) in [5.74, 6) is -0.735. The molecule has 0 saturated heterocycles. The van der Waals surface area contributed by atoms with Crippen LogP contribution in [0.2, 0.25) is 0 Å². The minimum Gasteiger partial charge on any atom is -0.289 e. The summed E-state index contributed by atoms with van der Waals surface area (Å²) in [4.78, 5) is 22.4. The van der Waals surface area contributed by atoms with Gasteiger partial charge in [0, 0.05) is 20.6 Å². The fourth-order valence-corrected chi connectivity index (χ4v) is 2.14. The molecule has 15 heavy (non-hydrogen) atoms. The van der Waals surface area contributed by atoms with Gasteiger partial charge < -0.3 is 0 Å². The summed E-state index contributed by atoms with van der Waals surface area (Å²) < 4.78 is 1.63. The molecule has 76 valence electrons. The molecule has 0 aliphatic carbocycles. The number of rotatable bonds is 1. The van der Waals surface area contributed by atoms with Crippen molar-refractivity contribution in [3.05, 3.63) is 38.8 Å². The summed E-state index contributed by atoms with van der Waals surface area (Å²) in [5.41, 5.74) is 1.08. The standard InChI is InChI=1S/C10H5Br2NO2/c11-5-1-2-8(12)6(3-5)7-4-9(14)13-10(7)15/h1-4H,(H,13,14,15). The van der Waals surface area contributed by atoms with Crippen molar-refractivity contribution < 1.29 is 9.59 Å². The third kappa shape index (κ3) is 2.03. The number of halogens is 2. The highest BCUT2D eigenvalue weighted by Gasteiger charge is 2.23. The molecule has 0 radical (unpaired) electrons. The normalized spacial score (nSPS) is 15.2. The van der Waals surface area contributed by atoms with Gasteiger partial charge in [0.1, 0.15) is 0 Å². The van der Waals surface area contributed by atoms with Gasteiger partial charge in [-0.05, 0) is 18.2 Å². The Bertz CT molecular complexity index is 494. The van der Waals surface area contributed by atoms with Gasteiger partial charge in [0.15, 0.2) is 0 Å². The van der Waals surface area contributed by atoms with E-state index in [9.17, 15) is 9.59 Å². The molecule has 0 aromatic heterocycles. The molecule has 3 nitrogen and oxygen atoms in total. The van der Waals surface area contributed by atoms with E-state index < -0.39 is 0 Å². The molecule has 0 unspecified atom stereocenters. The lowest BCUT2D eigenvalue weighted by Crippen LogP contribution is -2.21. The second kappa shape index (κ2) is 3.90. The van der Waals surface area contributed by atoms with Crippen molar-refractivity contribution in [2.45, 2.75) is 0 Å². The fraction of sp³-hybridized carbons (Fsp3) is 0. The summed E-state index contributed by atoms with van der Waals surface area (Å²) in [6.07, 6.45) is 1.30. The Labute approximate surface area is 103 Å². The zero-order chi connectivity index (χ0) is 11.0. The second-order valence-electron chi connectivity index (χ2n) is 3.00. The van der Waals surface area contributed by atoms with Gasteiger partial charge in [-0.15, -0.1) is 0 Å². The van der Waals surface area contributed by atoms with Crippen molar-refractivity contribution in [2.24, 2.45) is 0 Å². The molecule has 1 aromatic rings. The molecule has 5 heteroatoms. The highest BCUT2D eigenvalue weighted by atomic mass is 79.9. The van der Waals surface area contributed by atoms with Gasteiger partial charge in [-0.2, -0.15) is 0 Å². The molecule has 1 aliphatic heterocycles. The SMILES string of the molecule is O=C1C=C(c2cc(Br)ccc2Br)C(=O)N1. The lowest BCUT2D eigenvalue weighted by molar-refractivity contribution is -0.123. The van der Waals surface area contributed by atoms with Crippen molar-refractivity contribution in [3.8, 4) is 0 Å². The van der Waals surface area contributed by atoms with Crippen LogP contribution in [0.3, 0.4) is 0 Å². The highest BCUT2D eigenvalue weighted by Crippen LogP contribution is 2.29. The molecule has 1 N–H and O–H groups in total. The first kappa shape index (κ1) is 10.6. The Balaban J connectivity index is 2.54. The Morgan fingerprint density at radius 1 is 1.13 bits per heavy atom. The average Bonchev–Trinajstić information content (AvgIpc) is 2.50. The van der Waals surface area contributed by atoms with Crippen LogP contribution in [0.15, 0.2) is 33.2 Å². The average molecular weight is 331 g/mol. The van der Waals surface area contributed by atoms with E-state index in [-0.39, 0.29) is 11.8 Å². The predicted octanol–water partition coefficient (Wildman–Crippen LogP) is 2.25. The largest absolute Gasteiger partial charge is 0.289 e. The van der Waals surface area contributed by atoms with Crippen molar-refractivity contribution in [1.82, 2.24) is 5.32 Å². The summed E-state index contributed by atoms with van der Waals surface area (Å²) in [7, 11) is 0. The maximum Gasteiger partial charge on any atom is 0.258 e. The van der Waals surface area contributed by atoms with E-state index >= 15 is 0 Å². The number of nitrogens with one attached hydrogen (secondary N) is 1. The Kier molecular flexibility index (Phi) is 2.75. The molecular weight excluding hydrogens is 326 g/mol. The third-order valence-corrected chi connectivity index (χ3v) is 3.16. The van der Waals surface area contributed by atoms with Crippen LogP contribution in [-0.2, 0) is 9.59 Å². The molecule has 2 amide bonds. The van der Waals surface area contributed by atoms with Crippen molar-refractivity contribution >= 4 is 49.2 Å². The van der Waals surface area contributed by atoms with Gasteiger partial charge in [0.05, 0.1) is 5.57 Å². The number of carbonyl (C=O) groups is 2. The Morgan fingerprint density at radius 3 is 2.47 bits per heavy atom. The van der Waals surface area contributed by atoms with Crippen molar-refractivity contribution in [1.29, 1.82) is 0 Å². The zero-order valence-electron chi connectivity index (χ0n) is 7.38. The fourth-order valence-electron chi connectivity index (χ4n) is 1.32. The molecule has 0 bridgehead atoms. The number of imide groups is 1. The van der Waals surface area contributed by atoms with Gasteiger partial charge in [-0.25, -0.2) is 0 Å². The molecule has 2 rings (SSSR count). The number of hydrogen-bond acceptors (Lipinski definition) is 2. The van der Waals surface area contributed by atoms with Gasteiger partial charge in [0.25, 0.3) is 11.8 Å². The zero-order valence-corrected chi connectivity index (χ0v) is 10.6. The van der Waals surface area contributed by atoms with Gasteiger partial charge in [-0.1, -0.05) is 31.9 Å². The quantitative estimate of drug-likeness (QED) is 0.803. The summed E-state index contributed by atoms with van der Waals surface area (Å²) in [6, 6.07) is 5.45. The number of hydrogen-bond donors (Lipinski definition) is 1. The lowest BCUT2D eigenvalue weighted by Gasteiger charge is -2.03. The van der Waals surface area contributed by atoms with E-state index in [1.165, 1.54) is 6.08 Å². The van der Waals surface area contributed by atoms with Gasteiger partial charge >= 0.3 is 0 Å². The molecule has 1 aliphatic rings. The van der Waals surface area contributed by atoms with Crippen LogP contribution in [-0.4, -0.2) is 11.8 Å². The van der Waals surface area contributed by atoms with E-state index in [1.807, 2.05) is 12.1 Å². The first-order valence-electron chi connectivity index (χ1n) is 4.10. The van der Waals surface area contributed by atoms with Crippen LogP contribution in [0.1, 0.15) is 5.56 Å². The minimum absolute atomic E-state index is 0.362. The van der Waals surface area contributed by atoms with E-state index in [2.05, 4.69) is 37.2 Å². The number of amides is 2. The van der Waals surface area contributed by atoms with Gasteiger partial charge in [-0.3, -0.25) is 14.9 Å². The summed E-state index contributed by atoms with van der Waals surface area (Å²) in [6.45, 7) is 0. The molecule has 1 aromatic carbocycles. The number of carbonyl (C=O) groups excluding carboxylic acids is 2. The van der Waals surface area contributed by atoms with E-state index in [0.717, 1.165) is 8.95 Å². The Hall–Kier alpha value is -0.940. The van der Waals surface area contributed by atoms with Gasteiger partial charge in [0.2, 0.25) is 0 Å². The first-order valence-corrected chi connectivity index (χ1v) is 5.69. The lowest BCUT2D eigenvalue weighted by atomic mass is 10.1. The molecule has 0 saturated carbocycles. The van der Waals surface area contributed by atoms with Crippen LogP contribution in [0.5, 0.6) is 0 Å². The minimum atomic E-state index is -0.373. The van der Waals surface area contributed by atoms with Crippen molar-refractivity contribution in [3.63, 3.8) is 0 Å². The van der Waals surface area contributed by atoms with Crippen LogP contribution < -0.4 is 5.32 Å². The van der Waals surface area contributed by atoms with E-state index in [0.29, 0.717) is 11.1 Å². The van der Waals surface area contributed by atoms with Crippen LogP contribution in [0.25, 0.3) is 5.57 Å². The monoisotopic (exact) mass is 329 g/mol. The second-order valence-corrected chi connectivity index (χ2v) is 4.77. The number of benzene rings is 1. The molecular formula is C10H5Br2NO2. The highest BCUT2D eigenvalue weighted by molar-refractivity contribution is 9.11. The maximum absolute atomic E-state index is 11.4. The van der Waals surface area contributed by atoms with Crippen LogP contribution in [0, 0.1) is 0 Å². The first-order chi connectivity index (χ1) is 7.08. The molecule has 1 heterocycles. The smallest absolute Gasteiger partial charge is 0.258 e. The van der Waals surface area contributed by atoms with Crippen molar-refractivity contribution in [2.75, 3.05) is 0 Å². The molecule has 0 spiro atoms. The molecule has 0 fully saturated rings. The van der Waals surface area contributed by atoms with Crippen LogP contribution in [0.4, 0.5) is 0 Å². The summed E-state index contributed by atoms with van der Waals surface area (Å²) in [5, 5.41) is 2.21. The molecule has 0 atom stereocenters. The Morgan fingerprint density at radius 2 is 1.87 bits per heavy atom. The maximum atomic E-state index is 11.4.